The molecule has 0 spiro atoms. The zero-order valence-corrected chi connectivity index (χ0v) is 16.2. The van der Waals surface area contributed by atoms with Gasteiger partial charge in [0, 0.05) is 51.6 Å². The Hall–Kier alpha value is -3.16. The van der Waals surface area contributed by atoms with Crippen LogP contribution in [0.4, 0.5) is 9.18 Å². The number of benzene rings is 1. The molecule has 2 aliphatic rings. The Morgan fingerprint density at radius 2 is 1.93 bits per heavy atom. The van der Waals surface area contributed by atoms with Gasteiger partial charge in [0.05, 0.1) is 11.6 Å². The summed E-state index contributed by atoms with van der Waals surface area (Å²) in [4.78, 5) is 41.7. The highest BCUT2D eigenvalue weighted by atomic mass is 19.1. The van der Waals surface area contributed by atoms with Crippen molar-refractivity contribution >= 4 is 11.9 Å². The number of rotatable bonds is 2. The average molecular weight is 399 g/mol. The average Bonchev–Trinajstić information content (AvgIpc) is 3.25. The van der Waals surface area contributed by atoms with Crippen molar-refractivity contribution in [1.29, 1.82) is 0 Å². The van der Waals surface area contributed by atoms with Crippen molar-refractivity contribution in [2.24, 2.45) is 11.8 Å². The third-order valence-electron chi connectivity index (χ3n) is 5.72. The maximum absolute atomic E-state index is 13.9. The van der Waals surface area contributed by atoms with E-state index in [1.807, 2.05) is 6.07 Å². The molecule has 1 aromatic heterocycles. The summed E-state index contributed by atoms with van der Waals surface area (Å²) in [6, 6.07) is 8.53. The topological polar surface area (TPSA) is 74.1 Å². The van der Waals surface area contributed by atoms with Crippen molar-refractivity contribution < 1.29 is 18.4 Å². The molecule has 2 aromatic rings. The molecule has 2 fully saturated rings. The van der Waals surface area contributed by atoms with Gasteiger partial charge in [0.2, 0.25) is 0 Å². The molecule has 2 aliphatic heterocycles. The van der Waals surface area contributed by atoms with E-state index in [2.05, 4.69) is 0 Å². The van der Waals surface area contributed by atoms with E-state index in [1.54, 1.807) is 30.0 Å². The molecule has 4 rings (SSSR count). The predicted octanol–water partition coefficient (Wildman–Crippen LogP) is 2.21. The molecule has 1 aromatic carbocycles. The Kier molecular flexibility index (Phi) is 4.86. The molecule has 0 saturated carbocycles. The number of amides is 3. The van der Waals surface area contributed by atoms with Gasteiger partial charge in [-0.2, -0.15) is 0 Å². The van der Waals surface area contributed by atoms with Crippen LogP contribution in [0.2, 0.25) is 0 Å². The second-order valence-corrected chi connectivity index (χ2v) is 7.81. The van der Waals surface area contributed by atoms with Gasteiger partial charge in [0.1, 0.15) is 12.1 Å². The number of hydrogen-bond acceptors (Lipinski definition) is 4. The molecule has 29 heavy (non-hydrogen) atoms. The van der Waals surface area contributed by atoms with Crippen LogP contribution >= 0.6 is 0 Å². The van der Waals surface area contributed by atoms with Gasteiger partial charge in [0.15, 0.2) is 0 Å². The standard InChI is InChI=1S/C21H22FN3O4/c1-23(2)21(28)25-10-15-9-24(20(27)14-6-7-18(26)29-12-14)11-17(15)19(25)13-4-3-5-16(22)8-13/h3-8,12,15,17,19H,9-11H2,1-2H3/t15-,17-,19+/m1/s1. The molecule has 0 radical (unpaired) electrons. The van der Waals surface area contributed by atoms with Crippen molar-refractivity contribution in [2.45, 2.75) is 6.04 Å². The summed E-state index contributed by atoms with van der Waals surface area (Å²) < 4.78 is 18.7. The van der Waals surface area contributed by atoms with Gasteiger partial charge >= 0.3 is 11.7 Å². The summed E-state index contributed by atoms with van der Waals surface area (Å²) in [6.45, 7) is 1.43. The van der Waals surface area contributed by atoms with Crippen LogP contribution in [0.15, 0.2) is 51.9 Å². The molecule has 0 bridgehead atoms. The van der Waals surface area contributed by atoms with E-state index >= 15 is 0 Å². The van der Waals surface area contributed by atoms with Gasteiger partial charge < -0.3 is 19.1 Å². The van der Waals surface area contributed by atoms with Gasteiger partial charge in [0.25, 0.3) is 5.91 Å². The second kappa shape index (κ2) is 7.35. The normalized spacial score (nSPS) is 23.2. The number of nitrogens with zero attached hydrogens (tertiary/aromatic N) is 3. The summed E-state index contributed by atoms with van der Waals surface area (Å²) in [5.74, 6) is -0.479. The number of urea groups is 1. The van der Waals surface area contributed by atoms with Crippen molar-refractivity contribution in [3.05, 3.63) is 70.0 Å². The predicted molar refractivity (Wildman–Crippen MR) is 103 cm³/mol. The molecule has 7 nitrogen and oxygen atoms in total. The van der Waals surface area contributed by atoms with E-state index in [1.165, 1.54) is 35.4 Å². The molecule has 0 N–H and O–H groups in total. The first-order chi connectivity index (χ1) is 13.8. The Morgan fingerprint density at radius 3 is 2.59 bits per heavy atom. The molecular formula is C21H22FN3O4. The lowest BCUT2D eigenvalue weighted by Gasteiger charge is -2.31. The minimum Gasteiger partial charge on any atom is -0.430 e. The highest BCUT2D eigenvalue weighted by Crippen LogP contribution is 2.45. The van der Waals surface area contributed by atoms with Gasteiger partial charge in [-0.25, -0.2) is 14.0 Å². The number of halogens is 1. The Bertz CT molecular complexity index is 985. The monoisotopic (exact) mass is 399 g/mol. The van der Waals surface area contributed by atoms with Gasteiger partial charge in [-0.15, -0.1) is 0 Å². The molecule has 0 aliphatic carbocycles. The SMILES string of the molecule is CN(C)C(=O)N1C[C@H]2CN(C(=O)c3ccc(=O)oc3)C[C@H]2[C@@H]1c1cccc(F)c1. The van der Waals surface area contributed by atoms with Crippen LogP contribution < -0.4 is 5.63 Å². The maximum Gasteiger partial charge on any atom is 0.335 e. The van der Waals surface area contributed by atoms with Crippen molar-refractivity contribution in [1.82, 2.24) is 14.7 Å². The highest BCUT2D eigenvalue weighted by Gasteiger charge is 2.50. The van der Waals surface area contributed by atoms with Crippen molar-refractivity contribution in [3.63, 3.8) is 0 Å². The van der Waals surface area contributed by atoms with Crippen LogP contribution in [0.1, 0.15) is 22.0 Å². The lowest BCUT2D eigenvalue weighted by molar-refractivity contribution is 0.0763. The third kappa shape index (κ3) is 3.50. The Balaban J connectivity index is 1.61. The molecule has 3 atom stereocenters. The van der Waals surface area contributed by atoms with Crippen LogP contribution in [0.3, 0.4) is 0 Å². The number of likely N-dealkylation sites (tertiary alicyclic amines) is 2. The van der Waals surface area contributed by atoms with E-state index in [4.69, 9.17) is 4.42 Å². The molecule has 8 heteroatoms. The molecule has 152 valence electrons. The van der Waals surface area contributed by atoms with Crippen LogP contribution in [0.5, 0.6) is 0 Å². The minimum absolute atomic E-state index is 0.000343. The summed E-state index contributed by atoms with van der Waals surface area (Å²) >= 11 is 0. The van der Waals surface area contributed by atoms with Crippen molar-refractivity contribution in [3.8, 4) is 0 Å². The lowest BCUT2D eigenvalue weighted by Crippen LogP contribution is -2.42. The Morgan fingerprint density at radius 1 is 1.14 bits per heavy atom. The molecule has 3 heterocycles. The molecular weight excluding hydrogens is 377 g/mol. The van der Waals surface area contributed by atoms with Gasteiger partial charge in [-0.1, -0.05) is 12.1 Å². The Labute approximate surface area is 167 Å². The summed E-state index contributed by atoms with van der Waals surface area (Å²) in [5.41, 5.74) is 0.532. The van der Waals surface area contributed by atoms with E-state index in [0.717, 1.165) is 5.56 Å². The van der Waals surface area contributed by atoms with Crippen LogP contribution in [0, 0.1) is 17.7 Å². The van der Waals surface area contributed by atoms with E-state index < -0.39 is 5.63 Å². The molecule has 3 amide bonds. The molecule has 0 unspecified atom stereocenters. The van der Waals surface area contributed by atoms with Crippen LogP contribution in [0.25, 0.3) is 0 Å². The third-order valence-corrected chi connectivity index (χ3v) is 5.72. The number of fused-ring (bicyclic) bond motifs is 1. The fourth-order valence-electron chi connectivity index (χ4n) is 4.44. The first kappa shape index (κ1) is 19.2. The quantitative estimate of drug-likeness (QED) is 0.776. The van der Waals surface area contributed by atoms with Gasteiger partial charge in [-0.05, 0) is 23.8 Å². The first-order valence-electron chi connectivity index (χ1n) is 9.46. The zero-order chi connectivity index (χ0) is 20.7. The summed E-state index contributed by atoms with van der Waals surface area (Å²) in [6.07, 6.45) is 1.17. The van der Waals surface area contributed by atoms with Crippen molar-refractivity contribution in [2.75, 3.05) is 33.7 Å². The van der Waals surface area contributed by atoms with Crippen LogP contribution in [-0.4, -0.2) is 60.4 Å². The number of hydrogen-bond donors (Lipinski definition) is 0. The smallest absolute Gasteiger partial charge is 0.335 e. The largest absolute Gasteiger partial charge is 0.430 e. The number of carbonyl (C=O) groups is 2. The molecule has 2 saturated heterocycles. The zero-order valence-electron chi connectivity index (χ0n) is 16.2. The fourth-order valence-corrected chi connectivity index (χ4v) is 4.44. The van der Waals surface area contributed by atoms with E-state index in [9.17, 15) is 18.8 Å². The number of carbonyl (C=O) groups excluding carboxylic acids is 2. The van der Waals surface area contributed by atoms with E-state index in [-0.39, 0.29) is 35.6 Å². The van der Waals surface area contributed by atoms with Crippen LogP contribution in [-0.2, 0) is 0 Å². The first-order valence-corrected chi connectivity index (χ1v) is 9.46. The second-order valence-electron chi connectivity index (χ2n) is 7.81. The minimum atomic E-state index is -0.510. The summed E-state index contributed by atoms with van der Waals surface area (Å²) in [5, 5.41) is 0. The summed E-state index contributed by atoms with van der Waals surface area (Å²) in [7, 11) is 3.39. The van der Waals surface area contributed by atoms with E-state index in [0.29, 0.717) is 25.2 Å². The maximum atomic E-state index is 13.9. The highest BCUT2D eigenvalue weighted by molar-refractivity contribution is 5.94. The fraction of sp³-hybridized carbons (Fsp3) is 0.381. The van der Waals surface area contributed by atoms with Gasteiger partial charge in [-0.3, -0.25) is 4.79 Å². The lowest BCUT2D eigenvalue weighted by atomic mass is 9.89.